The van der Waals surface area contributed by atoms with Crippen LogP contribution in [0.15, 0.2) is 23.4 Å². The number of carbonyl (C=O) groups excluding carboxylic acids is 2. The Bertz CT molecular complexity index is 1030. The predicted octanol–water partition coefficient (Wildman–Crippen LogP) is 5.19. The molecular weight excluding hydrogens is 400 g/mol. The summed E-state index contributed by atoms with van der Waals surface area (Å²) in [5.41, 5.74) is 4.59. The third-order valence-corrected chi connectivity index (χ3v) is 9.63. The number of aromatic nitrogens is 2. The van der Waals surface area contributed by atoms with Gasteiger partial charge < -0.3 is 4.74 Å². The van der Waals surface area contributed by atoms with Crippen LogP contribution in [0.5, 0.6) is 0 Å². The number of rotatable bonds is 2. The Morgan fingerprint density at radius 2 is 1.94 bits per heavy atom. The van der Waals surface area contributed by atoms with Crippen LogP contribution in [0.3, 0.4) is 0 Å². The fraction of sp³-hybridized carbons (Fsp3) is 0.667. The smallest absolute Gasteiger partial charge is 0.302 e. The Labute approximate surface area is 191 Å². The molecule has 0 aromatic carbocycles. The maximum atomic E-state index is 13.6. The maximum Gasteiger partial charge on any atom is 0.302 e. The molecule has 0 amide bonds. The maximum absolute atomic E-state index is 13.6. The zero-order valence-electron chi connectivity index (χ0n) is 20.1. The fourth-order valence-corrected chi connectivity index (χ4v) is 7.61. The minimum absolute atomic E-state index is 0.0301. The van der Waals surface area contributed by atoms with Gasteiger partial charge in [0.2, 0.25) is 0 Å². The first-order chi connectivity index (χ1) is 15.1. The van der Waals surface area contributed by atoms with E-state index in [1.165, 1.54) is 12.5 Å². The van der Waals surface area contributed by atoms with E-state index in [1.54, 1.807) is 0 Å². The molecule has 4 aliphatic rings. The molecule has 0 unspecified atom stereocenters. The van der Waals surface area contributed by atoms with Crippen molar-refractivity contribution in [2.75, 3.05) is 0 Å². The lowest BCUT2D eigenvalue weighted by atomic mass is 9.48. The molecule has 1 aromatic rings. The summed E-state index contributed by atoms with van der Waals surface area (Å²) in [5.74, 6) is 1.78. The molecule has 3 saturated carbocycles. The van der Waals surface area contributed by atoms with Crippen LogP contribution >= 0.6 is 0 Å². The minimum Gasteiger partial charge on any atom is -0.462 e. The Kier molecular flexibility index (Phi) is 5.03. The molecule has 5 nitrogen and oxygen atoms in total. The van der Waals surface area contributed by atoms with Crippen LogP contribution in [0.25, 0.3) is 6.08 Å². The fourth-order valence-electron chi connectivity index (χ4n) is 7.61. The second kappa shape index (κ2) is 7.43. The van der Waals surface area contributed by atoms with E-state index in [-0.39, 0.29) is 22.9 Å². The average molecular weight is 437 g/mol. The number of carbonyl (C=O) groups is 2. The summed E-state index contributed by atoms with van der Waals surface area (Å²) in [7, 11) is 1.95. The number of hydrogen-bond acceptors (Lipinski definition) is 4. The third-order valence-electron chi connectivity index (χ3n) is 9.63. The Morgan fingerprint density at radius 3 is 2.62 bits per heavy atom. The highest BCUT2D eigenvalue weighted by Gasteiger charge is 2.60. The van der Waals surface area contributed by atoms with E-state index in [0.717, 1.165) is 61.8 Å². The molecule has 5 heteroatoms. The van der Waals surface area contributed by atoms with Gasteiger partial charge in [-0.3, -0.25) is 14.3 Å². The molecule has 0 spiro atoms. The van der Waals surface area contributed by atoms with Gasteiger partial charge in [0.1, 0.15) is 6.10 Å². The second-order valence-corrected chi connectivity index (χ2v) is 11.2. The van der Waals surface area contributed by atoms with Crippen molar-refractivity contribution < 1.29 is 14.3 Å². The van der Waals surface area contributed by atoms with Gasteiger partial charge in [0.05, 0.1) is 6.20 Å². The number of Topliss-reactive ketones (excluding diaryl/α,β-unsaturated/α-hetero) is 1. The van der Waals surface area contributed by atoms with E-state index in [9.17, 15) is 9.59 Å². The van der Waals surface area contributed by atoms with Crippen molar-refractivity contribution in [1.29, 1.82) is 0 Å². The van der Waals surface area contributed by atoms with Crippen molar-refractivity contribution in [3.05, 3.63) is 34.7 Å². The van der Waals surface area contributed by atoms with Crippen molar-refractivity contribution >= 4 is 17.8 Å². The van der Waals surface area contributed by atoms with Gasteiger partial charge in [-0.1, -0.05) is 25.5 Å². The van der Waals surface area contributed by atoms with Gasteiger partial charge in [-0.15, -0.1) is 0 Å². The zero-order valence-corrected chi connectivity index (χ0v) is 20.1. The van der Waals surface area contributed by atoms with E-state index >= 15 is 0 Å². The quantitative estimate of drug-likeness (QED) is 0.364. The molecule has 4 aliphatic carbocycles. The number of hydrogen-bond donors (Lipinski definition) is 0. The summed E-state index contributed by atoms with van der Waals surface area (Å²) in [6.45, 7) is 8.24. The molecule has 5 rings (SSSR count). The van der Waals surface area contributed by atoms with Gasteiger partial charge in [-0.2, -0.15) is 5.10 Å². The molecule has 1 aromatic heterocycles. The molecule has 0 saturated heterocycles. The first-order valence-electron chi connectivity index (χ1n) is 12.2. The summed E-state index contributed by atoms with van der Waals surface area (Å²) in [6.07, 6.45) is 13.4. The van der Waals surface area contributed by atoms with Crippen molar-refractivity contribution in [3.8, 4) is 0 Å². The molecule has 3 fully saturated rings. The molecule has 0 N–H and O–H groups in total. The molecular formula is C27H36N2O3. The Morgan fingerprint density at radius 1 is 1.19 bits per heavy atom. The van der Waals surface area contributed by atoms with Gasteiger partial charge in [0, 0.05) is 37.1 Å². The largest absolute Gasteiger partial charge is 0.462 e. The van der Waals surface area contributed by atoms with Crippen LogP contribution in [0, 0.1) is 35.5 Å². The highest BCUT2D eigenvalue weighted by atomic mass is 16.5. The van der Waals surface area contributed by atoms with Crippen molar-refractivity contribution in [2.24, 2.45) is 35.6 Å². The molecule has 172 valence electrons. The van der Waals surface area contributed by atoms with Crippen LogP contribution in [-0.4, -0.2) is 27.6 Å². The standard InChI is InChI=1S/C27H36N2O3/c1-16-19(15-28-29(16)5)12-18-13-24-22-7-6-20-14-21(32-17(2)30)8-10-26(20,3)23(22)9-11-27(24,4)25(18)31/h6,12,15,21-24H,7-11,13-14H2,1-5H3/b18-12+/t21-,22-,23+,24+,26-,27+/m0/s1. The Balaban J connectivity index is 1.43. The summed E-state index contributed by atoms with van der Waals surface area (Å²) in [6, 6.07) is 0. The molecule has 0 bridgehead atoms. The topological polar surface area (TPSA) is 61.2 Å². The molecule has 0 aliphatic heterocycles. The molecule has 32 heavy (non-hydrogen) atoms. The third kappa shape index (κ3) is 3.14. The zero-order chi connectivity index (χ0) is 22.8. The predicted molar refractivity (Wildman–Crippen MR) is 124 cm³/mol. The summed E-state index contributed by atoms with van der Waals surface area (Å²) in [5, 5.41) is 4.36. The van der Waals surface area contributed by atoms with E-state index in [4.69, 9.17) is 4.74 Å². The van der Waals surface area contributed by atoms with Crippen molar-refractivity contribution in [3.63, 3.8) is 0 Å². The van der Waals surface area contributed by atoms with E-state index in [1.807, 2.05) is 17.9 Å². The van der Waals surface area contributed by atoms with Crippen LogP contribution in [-0.2, 0) is 21.4 Å². The van der Waals surface area contributed by atoms with Gasteiger partial charge in [-0.25, -0.2) is 0 Å². The summed E-state index contributed by atoms with van der Waals surface area (Å²) >= 11 is 0. The summed E-state index contributed by atoms with van der Waals surface area (Å²) < 4.78 is 7.44. The average Bonchev–Trinajstić information content (AvgIpc) is 3.19. The minimum atomic E-state index is -0.236. The number of fused-ring (bicyclic) bond motifs is 5. The first kappa shape index (κ1) is 21.7. The van der Waals surface area contributed by atoms with Crippen LogP contribution in [0.2, 0.25) is 0 Å². The van der Waals surface area contributed by atoms with E-state index in [0.29, 0.717) is 23.5 Å². The molecule has 0 radical (unpaired) electrons. The molecule has 1 heterocycles. The van der Waals surface area contributed by atoms with Gasteiger partial charge >= 0.3 is 5.97 Å². The number of ketones is 1. The van der Waals surface area contributed by atoms with Crippen LogP contribution in [0.4, 0.5) is 0 Å². The monoisotopic (exact) mass is 436 g/mol. The lowest BCUT2D eigenvalue weighted by Gasteiger charge is -2.56. The SMILES string of the molecule is CC(=O)O[C@H]1CC[C@@]2(C)C(=CC[C@@H]3[C@H]4C/C(=C\c5cnn(C)c5C)C(=O)[C@]4(C)CC[C@H]32)C1. The van der Waals surface area contributed by atoms with E-state index in [2.05, 4.69) is 38.0 Å². The van der Waals surface area contributed by atoms with Gasteiger partial charge in [0.15, 0.2) is 5.78 Å². The lowest BCUT2D eigenvalue weighted by molar-refractivity contribution is -0.148. The van der Waals surface area contributed by atoms with Crippen LogP contribution in [0.1, 0.15) is 77.0 Å². The molecule has 6 atom stereocenters. The van der Waals surface area contributed by atoms with Gasteiger partial charge in [0.25, 0.3) is 0 Å². The number of nitrogens with zero attached hydrogens (tertiary/aromatic N) is 2. The highest BCUT2D eigenvalue weighted by molar-refractivity contribution is 6.06. The first-order valence-corrected chi connectivity index (χ1v) is 12.2. The number of allylic oxidation sites excluding steroid dienone is 2. The second-order valence-electron chi connectivity index (χ2n) is 11.2. The van der Waals surface area contributed by atoms with Crippen molar-refractivity contribution in [2.45, 2.75) is 78.7 Å². The lowest BCUT2D eigenvalue weighted by Crippen LogP contribution is -2.50. The highest BCUT2D eigenvalue weighted by Crippen LogP contribution is 2.64. The number of aryl methyl sites for hydroxylation is 1. The number of esters is 1. The summed E-state index contributed by atoms with van der Waals surface area (Å²) in [4.78, 5) is 25.1. The number of ether oxygens (including phenoxy) is 1. The van der Waals surface area contributed by atoms with Crippen molar-refractivity contribution in [1.82, 2.24) is 9.78 Å². The van der Waals surface area contributed by atoms with E-state index < -0.39 is 0 Å². The normalized spacial score (nSPS) is 39.8. The van der Waals surface area contributed by atoms with Gasteiger partial charge in [-0.05, 0) is 80.3 Å². The Hall–Kier alpha value is -2.17. The van der Waals surface area contributed by atoms with Crippen LogP contribution < -0.4 is 0 Å².